The molecule has 1 unspecified atom stereocenters. The zero-order chi connectivity index (χ0) is 14.1. The van der Waals surface area contributed by atoms with Crippen LogP contribution in [0.3, 0.4) is 0 Å². The normalized spacial score (nSPS) is 22.1. The zero-order valence-electron chi connectivity index (χ0n) is 11.1. The molecule has 7 heteroatoms. The van der Waals surface area contributed by atoms with Gasteiger partial charge >= 0.3 is 0 Å². The number of fused-ring (bicyclic) bond motifs is 1. The summed E-state index contributed by atoms with van der Waals surface area (Å²) in [5, 5.41) is 0. The lowest BCUT2D eigenvalue weighted by molar-refractivity contribution is -0.154. The van der Waals surface area contributed by atoms with Crippen LogP contribution in [0.2, 0.25) is 0 Å². The second-order valence-corrected chi connectivity index (χ2v) is 5.12. The zero-order valence-corrected chi connectivity index (χ0v) is 11.1. The van der Waals surface area contributed by atoms with E-state index in [0.29, 0.717) is 18.8 Å². The van der Waals surface area contributed by atoms with Crippen molar-refractivity contribution in [3.8, 4) is 0 Å². The number of anilines is 1. The monoisotopic (exact) mass is 275 g/mol. The van der Waals surface area contributed by atoms with Gasteiger partial charge in [-0.2, -0.15) is 0 Å². The van der Waals surface area contributed by atoms with E-state index in [1.807, 2.05) is 0 Å². The molecule has 7 nitrogen and oxygen atoms in total. The van der Waals surface area contributed by atoms with Crippen LogP contribution in [0.4, 0.5) is 5.69 Å². The second-order valence-electron chi connectivity index (χ2n) is 5.12. The first-order valence-corrected chi connectivity index (χ1v) is 6.69. The van der Waals surface area contributed by atoms with Gasteiger partial charge < -0.3 is 15.2 Å². The highest BCUT2D eigenvalue weighted by Crippen LogP contribution is 2.24. The topological polar surface area (TPSA) is 91.6 Å². The van der Waals surface area contributed by atoms with Crippen molar-refractivity contribution in [3.63, 3.8) is 0 Å². The van der Waals surface area contributed by atoms with E-state index in [1.165, 1.54) is 0 Å². The number of aromatic nitrogens is 1. The number of hydrogen-bond acceptors (Lipinski definition) is 5. The number of nitrogen functional groups attached to an aromatic ring is 1. The molecule has 0 spiro atoms. The van der Waals surface area contributed by atoms with Crippen molar-refractivity contribution in [1.82, 2.24) is 14.8 Å². The molecule has 2 amide bonds. The Labute approximate surface area is 116 Å². The van der Waals surface area contributed by atoms with Crippen LogP contribution in [0.1, 0.15) is 18.5 Å². The molecule has 3 heterocycles. The molecule has 1 aromatic rings. The van der Waals surface area contributed by atoms with Gasteiger partial charge in [0.25, 0.3) is 0 Å². The Balaban J connectivity index is 1.76. The summed E-state index contributed by atoms with van der Waals surface area (Å²) in [4.78, 5) is 31.9. The minimum atomic E-state index is -0.271. The number of hydrazine groups is 1. The van der Waals surface area contributed by atoms with Crippen molar-refractivity contribution in [2.24, 2.45) is 5.84 Å². The summed E-state index contributed by atoms with van der Waals surface area (Å²) in [6.45, 7) is 1.18. The van der Waals surface area contributed by atoms with Crippen LogP contribution < -0.4 is 11.3 Å². The molecule has 2 aliphatic rings. The third-order valence-electron chi connectivity index (χ3n) is 3.83. The van der Waals surface area contributed by atoms with E-state index < -0.39 is 0 Å². The van der Waals surface area contributed by atoms with Crippen molar-refractivity contribution in [2.75, 3.05) is 18.5 Å². The van der Waals surface area contributed by atoms with Crippen LogP contribution in [0.25, 0.3) is 0 Å². The summed E-state index contributed by atoms with van der Waals surface area (Å²) in [5.74, 6) is 5.40. The van der Waals surface area contributed by atoms with Gasteiger partial charge in [-0.05, 0) is 25.0 Å². The van der Waals surface area contributed by atoms with Gasteiger partial charge in [-0.3, -0.25) is 20.4 Å². The lowest BCUT2D eigenvalue weighted by atomic mass is 10.1. The molecule has 0 aliphatic carbocycles. The quantitative estimate of drug-likeness (QED) is 0.584. The number of carbonyl (C=O) groups excluding carboxylic acids is 2. The van der Waals surface area contributed by atoms with Gasteiger partial charge in [-0.15, -0.1) is 0 Å². The molecule has 0 bridgehead atoms. The highest BCUT2D eigenvalue weighted by molar-refractivity contribution is 5.95. The summed E-state index contributed by atoms with van der Waals surface area (Å²) in [6.07, 6.45) is 3.29. The maximum atomic E-state index is 12.4. The van der Waals surface area contributed by atoms with Crippen LogP contribution >= 0.6 is 0 Å². The largest absolute Gasteiger partial charge is 0.329 e. The Kier molecular flexibility index (Phi) is 3.27. The lowest BCUT2D eigenvalue weighted by Gasteiger charge is -2.36. The molecule has 20 heavy (non-hydrogen) atoms. The molecular weight excluding hydrogens is 258 g/mol. The molecule has 2 aliphatic heterocycles. The fraction of sp³-hybridized carbons (Fsp3) is 0.462. The maximum absolute atomic E-state index is 12.4. The standard InChI is InChI=1S/C13H17N5O2/c14-16-9-3-4-15-10(6-9)7-17-8-12(19)18-5-1-2-11(18)13(17)20/h3-4,6,11H,1-2,5,7-8,14H2,(H,15,16). The molecule has 1 aromatic heterocycles. The highest BCUT2D eigenvalue weighted by Gasteiger charge is 2.41. The van der Waals surface area contributed by atoms with E-state index in [4.69, 9.17) is 5.84 Å². The van der Waals surface area contributed by atoms with Gasteiger partial charge in [-0.1, -0.05) is 0 Å². The Morgan fingerprint density at radius 2 is 2.30 bits per heavy atom. The minimum Gasteiger partial charge on any atom is -0.329 e. The Hall–Kier alpha value is -2.15. The Morgan fingerprint density at radius 1 is 1.45 bits per heavy atom. The third kappa shape index (κ3) is 2.20. The summed E-state index contributed by atoms with van der Waals surface area (Å²) in [7, 11) is 0. The smallest absolute Gasteiger partial charge is 0.246 e. The van der Waals surface area contributed by atoms with E-state index in [9.17, 15) is 9.59 Å². The summed E-state index contributed by atoms with van der Waals surface area (Å²) in [6, 6.07) is 3.25. The fourth-order valence-electron chi connectivity index (χ4n) is 2.85. The highest BCUT2D eigenvalue weighted by atomic mass is 16.2. The van der Waals surface area contributed by atoms with Gasteiger partial charge in [-0.25, -0.2) is 0 Å². The molecule has 0 aromatic carbocycles. The van der Waals surface area contributed by atoms with Gasteiger partial charge in [0.1, 0.15) is 12.6 Å². The van der Waals surface area contributed by atoms with Crippen molar-refractivity contribution < 1.29 is 9.59 Å². The molecule has 0 radical (unpaired) electrons. The van der Waals surface area contributed by atoms with Crippen molar-refractivity contribution in [3.05, 3.63) is 24.0 Å². The number of nitrogens with two attached hydrogens (primary N) is 1. The van der Waals surface area contributed by atoms with Crippen molar-refractivity contribution >= 4 is 17.5 Å². The Bertz CT molecular complexity index is 547. The summed E-state index contributed by atoms with van der Waals surface area (Å²) < 4.78 is 0. The van der Waals surface area contributed by atoms with E-state index in [0.717, 1.165) is 18.5 Å². The van der Waals surface area contributed by atoms with Crippen LogP contribution in [-0.4, -0.2) is 45.7 Å². The van der Waals surface area contributed by atoms with Gasteiger partial charge in [0.05, 0.1) is 17.9 Å². The average Bonchev–Trinajstić information content (AvgIpc) is 2.95. The van der Waals surface area contributed by atoms with E-state index in [2.05, 4.69) is 10.4 Å². The predicted molar refractivity (Wildman–Crippen MR) is 72.2 cm³/mol. The Morgan fingerprint density at radius 3 is 3.10 bits per heavy atom. The van der Waals surface area contributed by atoms with E-state index in [-0.39, 0.29) is 24.4 Å². The molecule has 106 valence electrons. The maximum Gasteiger partial charge on any atom is 0.246 e. The predicted octanol–water partition coefficient (Wildman–Crippen LogP) is -0.300. The average molecular weight is 275 g/mol. The van der Waals surface area contributed by atoms with Gasteiger partial charge in [0, 0.05) is 12.7 Å². The first-order chi connectivity index (χ1) is 9.69. The van der Waals surface area contributed by atoms with Crippen LogP contribution in [0.5, 0.6) is 0 Å². The van der Waals surface area contributed by atoms with Gasteiger partial charge in [0.15, 0.2) is 0 Å². The van der Waals surface area contributed by atoms with Crippen LogP contribution in [-0.2, 0) is 16.1 Å². The summed E-state index contributed by atoms with van der Waals surface area (Å²) in [5.41, 5.74) is 3.99. The van der Waals surface area contributed by atoms with Crippen LogP contribution in [0.15, 0.2) is 18.3 Å². The van der Waals surface area contributed by atoms with E-state index in [1.54, 1.807) is 28.1 Å². The third-order valence-corrected chi connectivity index (χ3v) is 3.83. The molecule has 0 saturated carbocycles. The molecule has 3 N–H and O–H groups in total. The number of hydrogen-bond donors (Lipinski definition) is 2. The molecule has 3 rings (SSSR count). The number of nitrogens with one attached hydrogen (secondary N) is 1. The number of rotatable bonds is 3. The molecule has 2 saturated heterocycles. The number of carbonyl (C=O) groups is 2. The second kappa shape index (κ2) is 5.09. The molecule has 1 atom stereocenters. The fourth-order valence-corrected chi connectivity index (χ4v) is 2.85. The first kappa shape index (κ1) is 12.9. The molecule has 2 fully saturated rings. The first-order valence-electron chi connectivity index (χ1n) is 6.69. The van der Waals surface area contributed by atoms with Crippen molar-refractivity contribution in [2.45, 2.75) is 25.4 Å². The van der Waals surface area contributed by atoms with Crippen LogP contribution in [0, 0.1) is 0 Å². The number of piperazine rings is 1. The summed E-state index contributed by atoms with van der Waals surface area (Å²) >= 11 is 0. The SMILES string of the molecule is NNc1ccnc(CN2CC(=O)N3CCCC3C2=O)c1. The number of amides is 2. The minimum absolute atomic E-state index is 0.0232. The number of pyridine rings is 1. The van der Waals surface area contributed by atoms with Gasteiger partial charge in [0.2, 0.25) is 11.8 Å². The van der Waals surface area contributed by atoms with Crippen molar-refractivity contribution in [1.29, 1.82) is 0 Å². The van der Waals surface area contributed by atoms with E-state index >= 15 is 0 Å². The number of nitrogens with zero attached hydrogens (tertiary/aromatic N) is 3. The molecular formula is C13H17N5O2. The lowest BCUT2D eigenvalue weighted by Crippen LogP contribution is -2.56.